The summed E-state index contributed by atoms with van der Waals surface area (Å²) in [7, 11) is 0. The van der Waals surface area contributed by atoms with Crippen LogP contribution in [0.1, 0.15) is 74.0 Å². The third-order valence-electron chi connectivity index (χ3n) is 5.22. The number of aryl methyl sites for hydroxylation is 1. The number of unbranched alkanes of at least 4 members (excludes halogenated alkanes) is 2. The second-order valence-corrected chi connectivity index (χ2v) is 6.82. The molecule has 0 bridgehead atoms. The molecule has 3 rings (SSSR count). The van der Waals surface area contributed by atoms with Crippen molar-refractivity contribution in [3.05, 3.63) is 71.3 Å². The Balaban J connectivity index is 1.59. The van der Waals surface area contributed by atoms with Gasteiger partial charge in [-0.25, -0.2) is 0 Å². The molecule has 0 heteroatoms. The normalized spacial score (nSPS) is 21.1. The van der Waals surface area contributed by atoms with E-state index >= 15 is 0 Å². The molecule has 1 fully saturated rings. The molecule has 0 radical (unpaired) electrons. The molecular weight excluding hydrogens is 264 g/mol. The molecule has 0 aliphatic heterocycles. The lowest BCUT2D eigenvalue weighted by atomic mass is 9.92. The second kappa shape index (κ2) is 7.63. The first-order valence-corrected chi connectivity index (χ1v) is 9.00. The predicted octanol–water partition coefficient (Wildman–Crippen LogP) is 6.47. The average molecular weight is 292 g/mol. The first-order valence-electron chi connectivity index (χ1n) is 9.00. The fourth-order valence-electron chi connectivity index (χ4n) is 3.85. The van der Waals surface area contributed by atoms with E-state index in [1.54, 1.807) is 5.56 Å². The zero-order valence-corrected chi connectivity index (χ0v) is 13.8. The highest BCUT2D eigenvalue weighted by Gasteiger charge is 2.26. The lowest BCUT2D eigenvalue weighted by Gasteiger charge is -2.13. The molecule has 2 aromatic carbocycles. The van der Waals surface area contributed by atoms with Gasteiger partial charge in [-0.15, -0.1) is 0 Å². The minimum absolute atomic E-state index is 0.759. The Labute approximate surface area is 135 Å². The van der Waals surface area contributed by atoms with E-state index in [1.807, 2.05) is 0 Å². The summed E-state index contributed by atoms with van der Waals surface area (Å²) in [5.41, 5.74) is 4.59. The predicted molar refractivity (Wildman–Crippen MR) is 95.4 cm³/mol. The molecule has 0 amide bonds. The van der Waals surface area contributed by atoms with Crippen molar-refractivity contribution in [1.82, 2.24) is 0 Å². The van der Waals surface area contributed by atoms with Crippen LogP contribution in [0.25, 0.3) is 0 Å². The largest absolute Gasteiger partial charge is 0.0654 e. The Kier molecular flexibility index (Phi) is 5.32. The van der Waals surface area contributed by atoms with Crippen molar-refractivity contribution in [2.45, 2.75) is 63.7 Å². The van der Waals surface area contributed by atoms with Gasteiger partial charge in [-0.3, -0.25) is 0 Å². The molecule has 2 aromatic rings. The molecule has 22 heavy (non-hydrogen) atoms. The number of rotatable bonds is 6. The summed E-state index contributed by atoms with van der Waals surface area (Å²) in [4.78, 5) is 0. The topological polar surface area (TPSA) is 0 Å². The van der Waals surface area contributed by atoms with Gasteiger partial charge >= 0.3 is 0 Å². The van der Waals surface area contributed by atoms with E-state index in [4.69, 9.17) is 0 Å². The molecule has 1 saturated carbocycles. The van der Waals surface area contributed by atoms with Crippen LogP contribution in [-0.2, 0) is 6.42 Å². The van der Waals surface area contributed by atoms with Crippen LogP contribution in [0.3, 0.4) is 0 Å². The van der Waals surface area contributed by atoms with Crippen molar-refractivity contribution in [2.75, 3.05) is 0 Å². The highest BCUT2D eigenvalue weighted by molar-refractivity contribution is 5.29. The Hall–Kier alpha value is -1.56. The van der Waals surface area contributed by atoms with Crippen LogP contribution in [0.5, 0.6) is 0 Å². The minimum atomic E-state index is 0.759. The second-order valence-electron chi connectivity index (χ2n) is 6.82. The van der Waals surface area contributed by atoms with Gasteiger partial charge in [0.15, 0.2) is 0 Å². The van der Waals surface area contributed by atoms with Crippen molar-refractivity contribution < 1.29 is 0 Å². The van der Waals surface area contributed by atoms with Crippen LogP contribution in [0, 0.1) is 0 Å². The van der Waals surface area contributed by atoms with E-state index in [-0.39, 0.29) is 0 Å². The van der Waals surface area contributed by atoms with Crippen LogP contribution in [0.4, 0.5) is 0 Å². The first-order chi connectivity index (χ1) is 10.9. The summed E-state index contributed by atoms with van der Waals surface area (Å²) < 4.78 is 0. The zero-order chi connectivity index (χ0) is 15.2. The molecular formula is C22H28. The first kappa shape index (κ1) is 15.3. The van der Waals surface area contributed by atoms with Gasteiger partial charge < -0.3 is 0 Å². The molecule has 0 nitrogen and oxygen atoms in total. The van der Waals surface area contributed by atoms with Gasteiger partial charge in [0.25, 0.3) is 0 Å². The Morgan fingerprint density at radius 3 is 2.05 bits per heavy atom. The summed E-state index contributed by atoms with van der Waals surface area (Å²) in [6, 6.07) is 20.6. The molecule has 2 atom stereocenters. The van der Waals surface area contributed by atoms with Crippen molar-refractivity contribution >= 4 is 0 Å². The summed E-state index contributed by atoms with van der Waals surface area (Å²) >= 11 is 0. The quantitative estimate of drug-likeness (QED) is 0.535. The van der Waals surface area contributed by atoms with E-state index in [1.165, 1.54) is 56.1 Å². The third-order valence-corrected chi connectivity index (χ3v) is 5.22. The van der Waals surface area contributed by atoms with Crippen molar-refractivity contribution in [3.8, 4) is 0 Å². The van der Waals surface area contributed by atoms with Crippen LogP contribution < -0.4 is 0 Å². The van der Waals surface area contributed by atoms with Crippen LogP contribution in [-0.4, -0.2) is 0 Å². The summed E-state index contributed by atoms with van der Waals surface area (Å²) in [6.07, 6.45) is 9.23. The molecule has 0 heterocycles. The van der Waals surface area contributed by atoms with Gasteiger partial charge in [0, 0.05) is 0 Å². The maximum absolute atomic E-state index is 2.39. The molecule has 2 unspecified atom stereocenters. The fourth-order valence-corrected chi connectivity index (χ4v) is 3.85. The molecule has 1 aliphatic carbocycles. The summed E-state index contributed by atoms with van der Waals surface area (Å²) in [5.74, 6) is 1.52. The molecule has 0 aromatic heterocycles. The number of hydrogen-bond acceptors (Lipinski definition) is 0. The minimum Gasteiger partial charge on any atom is -0.0654 e. The maximum atomic E-state index is 2.39. The van der Waals surface area contributed by atoms with E-state index in [0.717, 1.165) is 11.8 Å². The van der Waals surface area contributed by atoms with Gasteiger partial charge in [0.05, 0.1) is 0 Å². The van der Waals surface area contributed by atoms with E-state index < -0.39 is 0 Å². The maximum Gasteiger partial charge on any atom is -0.0156 e. The van der Waals surface area contributed by atoms with Gasteiger partial charge in [-0.1, -0.05) is 74.4 Å². The molecule has 0 spiro atoms. The highest BCUT2D eigenvalue weighted by atomic mass is 14.3. The summed E-state index contributed by atoms with van der Waals surface area (Å²) in [6.45, 7) is 2.27. The van der Waals surface area contributed by atoms with Crippen molar-refractivity contribution in [2.24, 2.45) is 0 Å². The van der Waals surface area contributed by atoms with E-state index in [9.17, 15) is 0 Å². The average Bonchev–Trinajstić information content (AvgIpc) is 3.07. The van der Waals surface area contributed by atoms with Gasteiger partial charge in [-0.05, 0) is 60.6 Å². The molecule has 116 valence electrons. The lowest BCUT2D eigenvalue weighted by Crippen LogP contribution is -1.96. The number of hydrogen-bond donors (Lipinski definition) is 0. The third kappa shape index (κ3) is 3.80. The lowest BCUT2D eigenvalue weighted by molar-refractivity contribution is 0.684. The standard InChI is InChI=1S/C22H28/c1-2-3-5-8-18-11-13-20(14-12-18)22-16-15-21(17-22)19-9-6-4-7-10-19/h4,6-7,9-14,21-22H,2-3,5,8,15-17H2,1H3. The zero-order valence-electron chi connectivity index (χ0n) is 13.8. The smallest absolute Gasteiger partial charge is 0.0156 e. The van der Waals surface area contributed by atoms with Crippen LogP contribution in [0.2, 0.25) is 0 Å². The monoisotopic (exact) mass is 292 g/mol. The van der Waals surface area contributed by atoms with Crippen molar-refractivity contribution in [1.29, 1.82) is 0 Å². The van der Waals surface area contributed by atoms with Gasteiger partial charge in [-0.2, -0.15) is 0 Å². The van der Waals surface area contributed by atoms with Gasteiger partial charge in [0.2, 0.25) is 0 Å². The van der Waals surface area contributed by atoms with E-state index in [2.05, 4.69) is 61.5 Å². The van der Waals surface area contributed by atoms with E-state index in [0.29, 0.717) is 0 Å². The van der Waals surface area contributed by atoms with Crippen LogP contribution >= 0.6 is 0 Å². The molecule has 0 saturated heterocycles. The van der Waals surface area contributed by atoms with Crippen molar-refractivity contribution in [3.63, 3.8) is 0 Å². The Morgan fingerprint density at radius 1 is 0.773 bits per heavy atom. The number of benzene rings is 2. The Bertz CT molecular complexity index is 552. The van der Waals surface area contributed by atoms with Gasteiger partial charge in [0.1, 0.15) is 0 Å². The SMILES string of the molecule is CCCCCc1ccc(C2CCC(c3ccccc3)C2)cc1. The highest BCUT2D eigenvalue weighted by Crippen LogP contribution is 2.43. The molecule has 1 aliphatic rings. The summed E-state index contributed by atoms with van der Waals surface area (Å²) in [5, 5.41) is 0. The Morgan fingerprint density at radius 2 is 1.41 bits per heavy atom. The van der Waals surface area contributed by atoms with Crippen LogP contribution in [0.15, 0.2) is 54.6 Å². The molecule has 0 N–H and O–H groups in total. The fraction of sp³-hybridized carbons (Fsp3) is 0.455.